The van der Waals surface area contributed by atoms with Crippen molar-refractivity contribution < 1.29 is 0 Å². The molecule has 0 unspecified atom stereocenters. The molecule has 14 heavy (non-hydrogen) atoms. The fourth-order valence-corrected chi connectivity index (χ4v) is 2.02. The molecule has 0 rings (SSSR count). The van der Waals surface area contributed by atoms with Gasteiger partial charge in [0.15, 0.2) is 0 Å². The Labute approximate surface area is 97.6 Å². The molecule has 0 aromatic rings. The molecule has 0 aliphatic carbocycles. The smallest absolute Gasteiger partial charge is 0.0870 e. The van der Waals surface area contributed by atoms with Crippen LogP contribution >= 0.6 is 24.0 Å². The molecule has 0 aromatic carbocycles. The molecule has 84 valence electrons. The molecule has 0 saturated heterocycles. The molecule has 0 fully saturated rings. The second-order valence-electron chi connectivity index (χ2n) is 3.58. The van der Waals surface area contributed by atoms with Crippen LogP contribution in [0.3, 0.4) is 0 Å². The van der Waals surface area contributed by atoms with E-state index in [0.29, 0.717) is 11.0 Å². The summed E-state index contributed by atoms with van der Waals surface area (Å²) < 4.78 is 0. The van der Waals surface area contributed by atoms with E-state index in [4.69, 9.17) is 18.0 Å². The standard InChI is InChI=1S/C10H22N2S2/c1-4-14-7-5-6-12(9(2)3)8-10(11)13/h9H,4-8H2,1-3H3,(H2,11,13). The fraction of sp³-hybridized carbons (Fsp3) is 0.900. The van der Waals surface area contributed by atoms with E-state index < -0.39 is 0 Å². The molecule has 0 spiro atoms. The third-order valence-electron chi connectivity index (χ3n) is 2.03. The Balaban J connectivity index is 3.68. The van der Waals surface area contributed by atoms with Gasteiger partial charge in [0.25, 0.3) is 0 Å². The first kappa shape index (κ1) is 14.2. The number of hydrogen-bond donors (Lipinski definition) is 1. The van der Waals surface area contributed by atoms with Gasteiger partial charge >= 0.3 is 0 Å². The largest absolute Gasteiger partial charge is 0.392 e. The Morgan fingerprint density at radius 3 is 2.57 bits per heavy atom. The summed E-state index contributed by atoms with van der Waals surface area (Å²) in [5.41, 5.74) is 5.55. The van der Waals surface area contributed by atoms with Crippen molar-refractivity contribution in [3.8, 4) is 0 Å². The zero-order chi connectivity index (χ0) is 11.0. The third-order valence-corrected chi connectivity index (χ3v) is 3.14. The highest BCUT2D eigenvalue weighted by molar-refractivity contribution is 7.99. The minimum absolute atomic E-state index is 0.531. The van der Waals surface area contributed by atoms with Crippen molar-refractivity contribution in [3.05, 3.63) is 0 Å². The summed E-state index contributed by atoms with van der Waals surface area (Å²) in [7, 11) is 0. The molecule has 2 N–H and O–H groups in total. The van der Waals surface area contributed by atoms with Crippen LogP contribution < -0.4 is 5.73 Å². The molecule has 0 aliphatic heterocycles. The van der Waals surface area contributed by atoms with Gasteiger partial charge < -0.3 is 5.73 Å². The van der Waals surface area contributed by atoms with Gasteiger partial charge in [0.05, 0.1) is 4.99 Å². The van der Waals surface area contributed by atoms with Crippen molar-refractivity contribution in [1.29, 1.82) is 0 Å². The second kappa shape index (κ2) is 8.50. The molecule has 0 saturated carbocycles. The highest BCUT2D eigenvalue weighted by Gasteiger charge is 2.09. The van der Waals surface area contributed by atoms with Crippen molar-refractivity contribution in [2.75, 3.05) is 24.6 Å². The average molecular weight is 234 g/mol. The van der Waals surface area contributed by atoms with Crippen LogP contribution in [0.2, 0.25) is 0 Å². The highest BCUT2D eigenvalue weighted by Crippen LogP contribution is 2.04. The first-order valence-electron chi connectivity index (χ1n) is 5.18. The Bertz CT molecular complexity index is 160. The van der Waals surface area contributed by atoms with Crippen LogP contribution in [0.4, 0.5) is 0 Å². The van der Waals surface area contributed by atoms with E-state index >= 15 is 0 Å². The molecule has 0 radical (unpaired) electrons. The minimum atomic E-state index is 0.531. The van der Waals surface area contributed by atoms with Crippen LogP contribution in [0.25, 0.3) is 0 Å². The summed E-state index contributed by atoms with van der Waals surface area (Å²) in [6, 6.07) is 0.531. The van der Waals surface area contributed by atoms with Crippen molar-refractivity contribution >= 4 is 29.0 Å². The Hall–Kier alpha value is 0.200. The molecule has 0 atom stereocenters. The summed E-state index contributed by atoms with van der Waals surface area (Å²) in [5, 5.41) is 0. The first-order valence-corrected chi connectivity index (χ1v) is 6.74. The van der Waals surface area contributed by atoms with Crippen molar-refractivity contribution in [2.45, 2.75) is 33.2 Å². The van der Waals surface area contributed by atoms with E-state index in [-0.39, 0.29) is 0 Å². The lowest BCUT2D eigenvalue weighted by molar-refractivity contribution is 0.255. The van der Waals surface area contributed by atoms with Crippen molar-refractivity contribution in [1.82, 2.24) is 4.90 Å². The summed E-state index contributed by atoms with van der Waals surface area (Å²) in [6.07, 6.45) is 1.22. The van der Waals surface area contributed by atoms with Gasteiger partial charge in [-0.1, -0.05) is 19.1 Å². The molecular weight excluding hydrogens is 212 g/mol. The van der Waals surface area contributed by atoms with E-state index in [1.165, 1.54) is 17.9 Å². The van der Waals surface area contributed by atoms with E-state index in [0.717, 1.165) is 13.1 Å². The molecule has 2 nitrogen and oxygen atoms in total. The van der Waals surface area contributed by atoms with Gasteiger partial charge in [-0.25, -0.2) is 0 Å². The quantitative estimate of drug-likeness (QED) is 0.515. The van der Waals surface area contributed by atoms with E-state index in [9.17, 15) is 0 Å². The predicted molar refractivity (Wildman–Crippen MR) is 71.1 cm³/mol. The average Bonchev–Trinajstić information content (AvgIpc) is 2.09. The number of thiocarbonyl (C=S) groups is 1. The first-order chi connectivity index (χ1) is 6.57. The second-order valence-corrected chi connectivity index (χ2v) is 5.50. The maximum atomic E-state index is 5.55. The molecule has 0 bridgehead atoms. The zero-order valence-corrected chi connectivity index (χ0v) is 11.1. The molecule has 0 amide bonds. The van der Waals surface area contributed by atoms with E-state index in [1.54, 1.807) is 0 Å². The van der Waals surface area contributed by atoms with Crippen molar-refractivity contribution in [2.24, 2.45) is 5.73 Å². The normalized spacial score (nSPS) is 11.2. The summed E-state index contributed by atoms with van der Waals surface area (Å²) in [5.74, 6) is 2.44. The number of hydrogen-bond acceptors (Lipinski definition) is 3. The maximum absolute atomic E-state index is 5.55. The zero-order valence-electron chi connectivity index (χ0n) is 9.45. The van der Waals surface area contributed by atoms with Gasteiger partial charge in [-0.15, -0.1) is 0 Å². The number of nitrogens with two attached hydrogens (primary N) is 1. The Morgan fingerprint density at radius 1 is 1.50 bits per heavy atom. The van der Waals surface area contributed by atoms with Crippen LogP contribution in [0.1, 0.15) is 27.2 Å². The van der Waals surface area contributed by atoms with Gasteiger partial charge in [0, 0.05) is 12.6 Å². The maximum Gasteiger partial charge on any atom is 0.0870 e. The Kier molecular flexibility index (Phi) is 8.63. The van der Waals surface area contributed by atoms with Crippen LogP contribution in [-0.4, -0.2) is 40.5 Å². The lowest BCUT2D eigenvalue weighted by atomic mass is 10.3. The summed E-state index contributed by atoms with van der Waals surface area (Å²) in [4.78, 5) is 2.93. The van der Waals surface area contributed by atoms with Crippen LogP contribution in [0.5, 0.6) is 0 Å². The van der Waals surface area contributed by atoms with Gasteiger partial charge in [-0.2, -0.15) is 11.8 Å². The van der Waals surface area contributed by atoms with E-state index in [2.05, 4.69) is 25.7 Å². The molecule has 0 aliphatic rings. The van der Waals surface area contributed by atoms with Crippen LogP contribution in [0, 0.1) is 0 Å². The van der Waals surface area contributed by atoms with Gasteiger partial charge in [0.2, 0.25) is 0 Å². The lowest BCUT2D eigenvalue weighted by Crippen LogP contribution is -2.38. The Morgan fingerprint density at radius 2 is 2.14 bits per heavy atom. The molecule has 0 aromatic heterocycles. The summed E-state index contributed by atoms with van der Waals surface area (Å²) >= 11 is 6.91. The van der Waals surface area contributed by atoms with Crippen LogP contribution in [0.15, 0.2) is 0 Å². The fourth-order valence-electron chi connectivity index (χ4n) is 1.23. The van der Waals surface area contributed by atoms with Crippen molar-refractivity contribution in [3.63, 3.8) is 0 Å². The number of rotatable bonds is 8. The lowest BCUT2D eigenvalue weighted by Gasteiger charge is -2.25. The number of thioether (sulfide) groups is 1. The third kappa shape index (κ3) is 7.59. The van der Waals surface area contributed by atoms with Gasteiger partial charge in [-0.3, -0.25) is 4.90 Å². The molecule has 0 heterocycles. The van der Waals surface area contributed by atoms with Gasteiger partial charge in [-0.05, 0) is 38.3 Å². The SMILES string of the molecule is CCSCCCN(CC(N)=S)C(C)C. The topological polar surface area (TPSA) is 29.3 Å². The van der Waals surface area contributed by atoms with Gasteiger partial charge in [0.1, 0.15) is 0 Å². The molecular formula is C10H22N2S2. The minimum Gasteiger partial charge on any atom is -0.392 e. The predicted octanol–water partition coefficient (Wildman–Crippen LogP) is 2.13. The highest BCUT2D eigenvalue weighted by atomic mass is 32.2. The van der Waals surface area contributed by atoms with Crippen LogP contribution in [-0.2, 0) is 0 Å². The number of nitrogens with zero attached hydrogens (tertiary/aromatic N) is 1. The summed E-state index contributed by atoms with van der Waals surface area (Å²) in [6.45, 7) is 8.42. The van der Waals surface area contributed by atoms with E-state index in [1.807, 2.05) is 11.8 Å². The monoisotopic (exact) mass is 234 g/mol. The molecule has 4 heteroatoms.